The molecule has 0 unspecified atom stereocenters. The summed E-state index contributed by atoms with van der Waals surface area (Å²) < 4.78 is 184. The molecule has 0 saturated heterocycles. The minimum atomic E-state index is -4.20. The minimum Gasteiger partial charge on any atom is -0.507 e. The molecule has 0 spiro atoms. The van der Waals surface area contributed by atoms with Crippen molar-refractivity contribution < 1.29 is 55.0 Å². The fourth-order valence-corrected chi connectivity index (χ4v) is 7.30. The molecule has 0 saturated carbocycles. The van der Waals surface area contributed by atoms with Crippen molar-refractivity contribution in [3.05, 3.63) is 168 Å². The number of pyridine rings is 1. The number of aryl methyl sites for hydroxylation is 1. The third-order valence-corrected chi connectivity index (χ3v) is 10.4. The van der Waals surface area contributed by atoms with Crippen LogP contribution in [0.15, 0.2) is 140 Å². The van der Waals surface area contributed by atoms with Crippen LogP contribution in [0.3, 0.4) is 0 Å². The normalized spacial score (nSPS) is 18.8. The summed E-state index contributed by atoms with van der Waals surface area (Å²) in [6, 6.07) is 38.9. The number of fused-ring (bicyclic) bond motifs is 1. The third-order valence-electron chi connectivity index (χ3n) is 10.4. The maximum absolute atomic E-state index is 13.0. The molecule has 4 nitrogen and oxygen atoms in total. The summed E-state index contributed by atoms with van der Waals surface area (Å²) in [4.78, 5) is 9.81. The molecule has 0 atom stereocenters. The summed E-state index contributed by atoms with van der Waals surface area (Å²) in [5.41, 5.74) is -7.39. The first-order valence-electron chi connectivity index (χ1n) is 29.4. The van der Waals surface area contributed by atoms with Crippen molar-refractivity contribution in [2.75, 3.05) is 0 Å². The summed E-state index contributed by atoms with van der Waals surface area (Å²) in [5, 5.41) is 13.0. The molecule has 60 heavy (non-hydrogen) atoms. The van der Waals surface area contributed by atoms with Gasteiger partial charge in [-0.3, -0.25) is 9.55 Å². The fourth-order valence-electron chi connectivity index (χ4n) is 7.30. The van der Waals surface area contributed by atoms with Gasteiger partial charge in [0.2, 0.25) is 0 Å². The van der Waals surface area contributed by atoms with Gasteiger partial charge in [-0.05, 0) is 75.7 Å². The molecule has 0 aliphatic rings. The van der Waals surface area contributed by atoms with E-state index in [0.717, 1.165) is 16.7 Å². The van der Waals surface area contributed by atoms with Gasteiger partial charge in [-0.25, -0.2) is 4.98 Å². The molecule has 2 aromatic heterocycles. The Morgan fingerprint density at radius 1 is 0.600 bits per heavy atom. The average Bonchev–Trinajstić information content (AvgIpc) is 3.80. The van der Waals surface area contributed by atoms with Gasteiger partial charge < -0.3 is 5.11 Å². The Bertz CT molecular complexity index is 3550. The standard InChI is InChI=1S/C55H54N3O.Pt/c1-35-24-25-48(44(28-35)37-20-15-12-16-21-37)58-49-23-17-22-43(50(49)57-52(58)45-33-42(54(5,6)7)34-46(51(45)59)55(8,9)10)39-29-40(31-41(30-39)53(2,3)4)47-32-38(26-27-56-47)36-18-13-11-14-19-36;/h11-28,30-34,59H,1-10H3;/q-1;/i1D3,5D3,6D3,7D3,8D3,9D3,10D3;. The van der Waals surface area contributed by atoms with Crippen LogP contribution in [0.4, 0.5) is 0 Å². The Morgan fingerprint density at radius 3 is 1.97 bits per heavy atom. The van der Waals surface area contributed by atoms with E-state index in [-0.39, 0.29) is 55.0 Å². The predicted octanol–water partition coefficient (Wildman–Crippen LogP) is 14.5. The zero-order valence-electron chi connectivity index (χ0n) is 53.9. The number of benzene rings is 6. The molecule has 2 heterocycles. The van der Waals surface area contributed by atoms with Gasteiger partial charge in [0.1, 0.15) is 11.6 Å². The number of phenolic OH excluding ortho intramolecular Hbond substituents is 1. The largest absolute Gasteiger partial charge is 0.507 e. The number of rotatable bonds is 6. The van der Waals surface area contributed by atoms with Crippen molar-refractivity contribution in [1.82, 2.24) is 14.5 Å². The summed E-state index contributed by atoms with van der Waals surface area (Å²) in [7, 11) is 0. The Kier molecular flexibility index (Phi) is 6.30. The van der Waals surface area contributed by atoms with Crippen molar-refractivity contribution >= 4 is 11.0 Å². The van der Waals surface area contributed by atoms with E-state index in [1.807, 2.05) is 75.4 Å². The van der Waals surface area contributed by atoms with Gasteiger partial charge in [0, 0.05) is 72.9 Å². The first kappa shape index (κ1) is 23.4. The molecular formula is C55H54N3OPt-. The van der Waals surface area contributed by atoms with Gasteiger partial charge >= 0.3 is 0 Å². The van der Waals surface area contributed by atoms with E-state index in [2.05, 4.69) is 6.07 Å². The van der Waals surface area contributed by atoms with Gasteiger partial charge in [-0.2, -0.15) is 0 Å². The smallest absolute Gasteiger partial charge is 0.148 e. The Balaban J connectivity index is 0.00000946. The number of imidazole rings is 1. The van der Waals surface area contributed by atoms with Crippen LogP contribution >= 0.6 is 0 Å². The zero-order valence-corrected chi connectivity index (χ0v) is 35.2. The first-order valence-corrected chi connectivity index (χ1v) is 18.9. The van der Waals surface area contributed by atoms with Crippen LogP contribution in [0.25, 0.3) is 72.7 Å². The van der Waals surface area contributed by atoms with Crippen LogP contribution in [0.2, 0.25) is 0 Å². The van der Waals surface area contributed by atoms with E-state index in [4.69, 9.17) is 38.8 Å². The molecule has 306 valence electrons. The molecule has 0 aliphatic carbocycles. The van der Waals surface area contributed by atoms with Crippen LogP contribution in [0.5, 0.6) is 5.75 Å². The molecule has 0 amide bonds. The van der Waals surface area contributed by atoms with Gasteiger partial charge in [-0.1, -0.05) is 170 Å². The second-order valence-electron chi connectivity index (χ2n) is 15.7. The van der Waals surface area contributed by atoms with Crippen LogP contribution in [-0.4, -0.2) is 19.6 Å². The average molecular weight is 989 g/mol. The van der Waals surface area contributed by atoms with Crippen LogP contribution in [0.1, 0.15) is 113 Å². The van der Waals surface area contributed by atoms with Gasteiger partial charge in [0.05, 0.1) is 22.3 Å². The number of hydrogen-bond acceptors (Lipinski definition) is 3. The number of para-hydroxylation sites is 1. The molecule has 5 heteroatoms. The SMILES string of the molecule is [2H]C([2H])([2H])c1ccc(-n2c(-c3cc(C(C([2H])([2H])[2H])(C([2H])([2H])[2H])C([2H])([2H])[2H])cc(C(C([2H])([2H])[2H])(C([2H])([2H])[2H])C([2H])([2H])[2H])c3O)nc3c(-c4[c-]c(-c5cc(-c6ccccc6)ccn5)cc(C(C)(C)C)c4)cccc32)c(-c2ccccc2)c1.[Pt]. The van der Waals surface area contributed by atoms with Gasteiger partial charge in [-0.15, -0.1) is 29.3 Å². The van der Waals surface area contributed by atoms with E-state index in [1.54, 1.807) is 54.7 Å². The monoisotopic (exact) mass is 989 g/mol. The Labute approximate surface area is 400 Å². The van der Waals surface area contributed by atoms with Crippen LogP contribution < -0.4 is 0 Å². The predicted molar refractivity (Wildman–Crippen MR) is 247 cm³/mol. The van der Waals surface area contributed by atoms with E-state index in [0.29, 0.717) is 34.0 Å². The topological polar surface area (TPSA) is 50.9 Å². The summed E-state index contributed by atoms with van der Waals surface area (Å²) in [6.45, 7) is -21.5. The minimum absolute atomic E-state index is 0. The van der Waals surface area contributed by atoms with Crippen molar-refractivity contribution in [3.63, 3.8) is 0 Å². The summed E-state index contributed by atoms with van der Waals surface area (Å²) >= 11 is 0. The van der Waals surface area contributed by atoms with Crippen LogP contribution in [0, 0.1) is 12.9 Å². The van der Waals surface area contributed by atoms with E-state index in [9.17, 15) is 5.11 Å². The van der Waals surface area contributed by atoms with Crippen molar-refractivity contribution in [1.29, 1.82) is 0 Å². The van der Waals surface area contributed by atoms with Gasteiger partial charge in [0.15, 0.2) is 0 Å². The summed E-state index contributed by atoms with van der Waals surface area (Å²) in [5.74, 6) is -2.00. The molecule has 0 fully saturated rings. The van der Waals surface area contributed by atoms with E-state index >= 15 is 0 Å². The van der Waals surface area contributed by atoms with Crippen molar-refractivity contribution in [2.24, 2.45) is 0 Å². The Hall–Kier alpha value is -5.57. The number of nitrogens with zero attached hydrogens (tertiary/aromatic N) is 3. The van der Waals surface area contributed by atoms with Crippen LogP contribution in [-0.2, 0) is 37.3 Å². The number of aromatic hydroxyl groups is 1. The quantitative estimate of drug-likeness (QED) is 0.169. The maximum atomic E-state index is 13.0. The van der Waals surface area contributed by atoms with Gasteiger partial charge in [0.25, 0.3) is 0 Å². The molecule has 8 aromatic rings. The second kappa shape index (κ2) is 16.1. The molecule has 6 aromatic carbocycles. The first-order chi connectivity index (χ1) is 36.7. The van der Waals surface area contributed by atoms with Crippen molar-refractivity contribution in [3.8, 4) is 67.5 Å². The number of hydrogen-bond donors (Lipinski definition) is 1. The molecule has 0 bridgehead atoms. The van der Waals surface area contributed by atoms with Crippen molar-refractivity contribution in [2.45, 2.75) is 85.0 Å². The Morgan fingerprint density at radius 2 is 1.28 bits per heavy atom. The van der Waals surface area contributed by atoms with E-state index in [1.165, 1.54) is 22.8 Å². The molecule has 0 aliphatic heterocycles. The molecule has 1 N–H and O–H groups in total. The fraction of sp³-hybridized carbons (Fsp3) is 0.236. The molecule has 8 rings (SSSR count). The molecule has 0 radical (unpaired) electrons. The second-order valence-corrected chi connectivity index (χ2v) is 15.7. The zero-order chi connectivity index (χ0) is 59.4. The third kappa shape index (κ3) is 8.28. The number of phenols is 1. The number of aromatic nitrogens is 3. The summed E-state index contributed by atoms with van der Waals surface area (Å²) in [6.07, 6.45) is 1.67. The van der Waals surface area contributed by atoms with E-state index < -0.39 is 92.5 Å². The maximum Gasteiger partial charge on any atom is 0.148 e. The molecular weight excluding hydrogens is 914 g/mol.